The summed E-state index contributed by atoms with van der Waals surface area (Å²) in [6, 6.07) is 10.3. The highest BCUT2D eigenvalue weighted by Crippen LogP contribution is 2.30. The number of hydrogen-bond acceptors (Lipinski definition) is 5. The van der Waals surface area contributed by atoms with Crippen molar-refractivity contribution in [2.24, 2.45) is 0 Å². The van der Waals surface area contributed by atoms with Gasteiger partial charge in [-0.15, -0.1) is 0 Å². The van der Waals surface area contributed by atoms with Crippen LogP contribution in [-0.2, 0) is 14.8 Å². The van der Waals surface area contributed by atoms with Crippen LogP contribution in [0.2, 0.25) is 0 Å². The van der Waals surface area contributed by atoms with Crippen molar-refractivity contribution in [2.45, 2.75) is 44.9 Å². The minimum absolute atomic E-state index is 0.142. The molecule has 1 fully saturated rings. The molecule has 1 amide bonds. The molecule has 0 bridgehead atoms. The van der Waals surface area contributed by atoms with E-state index in [4.69, 9.17) is 9.47 Å². The average Bonchev–Trinajstić information content (AvgIpc) is 2.75. The summed E-state index contributed by atoms with van der Waals surface area (Å²) in [6.07, 6.45) is 2.75. The number of hydrogen-bond donors (Lipinski definition) is 1. The number of carbonyl (C=O) groups excluding carboxylic acids is 1. The molecule has 0 saturated carbocycles. The van der Waals surface area contributed by atoms with Gasteiger partial charge in [-0.3, -0.25) is 4.79 Å². The molecule has 0 atom stereocenters. The van der Waals surface area contributed by atoms with Crippen molar-refractivity contribution in [3.63, 3.8) is 0 Å². The van der Waals surface area contributed by atoms with Gasteiger partial charge in [0.2, 0.25) is 10.0 Å². The molecule has 0 spiro atoms. The fourth-order valence-corrected chi connectivity index (χ4v) is 5.14. The molecular weight excluding hydrogens is 416 g/mol. The summed E-state index contributed by atoms with van der Waals surface area (Å²) in [5.41, 5.74) is 2.37. The van der Waals surface area contributed by atoms with Crippen LogP contribution in [0.1, 0.15) is 37.3 Å². The van der Waals surface area contributed by atoms with Crippen LogP contribution in [-0.4, -0.2) is 44.9 Å². The molecule has 0 radical (unpaired) electrons. The lowest BCUT2D eigenvalue weighted by molar-refractivity contribution is -0.118. The maximum absolute atomic E-state index is 13.0. The van der Waals surface area contributed by atoms with E-state index in [2.05, 4.69) is 5.32 Å². The van der Waals surface area contributed by atoms with Gasteiger partial charge in [0.25, 0.3) is 5.91 Å². The molecule has 1 N–H and O–H groups in total. The molecule has 0 unspecified atom stereocenters. The van der Waals surface area contributed by atoms with Crippen LogP contribution in [0.25, 0.3) is 0 Å². The number of sulfonamides is 1. The first kappa shape index (κ1) is 23.1. The molecule has 31 heavy (non-hydrogen) atoms. The van der Waals surface area contributed by atoms with E-state index >= 15 is 0 Å². The Labute approximate surface area is 184 Å². The molecule has 8 heteroatoms. The van der Waals surface area contributed by atoms with Gasteiger partial charge in [-0.05, 0) is 63.4 Å². The number of nitrogens with zero attached hydrogens (tertiary/aromatic N) is 1. The van der Waals surface area contributed by atoms with Crippen LogP contribution in [0.15, 0.2) is 41.3 Å². The molecule has 3 rings (SSSR count). The van der Waals surface area contributed by atoms with Gasteiger partial charge in [-0.1, -0.05) is 24.1 Å². The smallest absolute Gasteiger partial charge is 0.262 e. The third-order valence-corrected chi connectivity index (χ3v) is 7.06. The summed E-state index contributed by atoms with van der Waals surface area (Å²) in [5.74, 6) is 0.653. The molecule has 0 aliphatic carbocycles. The van der Waals surface area contributed by atoms with Gasteiger partial charge >= 0.3 is 0 Å². The molecule has 2 aromatic rings. The highest BCUT2D eigenvalue weighted by molar-refractivity contribution is 7.89. The standard InChI is InChI=1S/C23H30N2O5S/c1-4-29-22-11-9-19(31(27,28)25-12-6-5-7-13-25)15-20(22)24-23(26)16-30-21-10-8-17(2)14-18(21)3/h8-11,14-15H,4-7,12-13,16H2,1-3H3,(H,24,26). The predicted octanol–water partition coefficient (Wildman–Crippen LogP) is 3.89. The summed E-state index contributed by atoms with van der Waals surface area (Å²) < 4.78 is 38.8. The van der Waals surface area contributed by atoms with Crippen molar-refractivity contribution in [3.05, 3.63) is 47.5 Å². The molecule has 7 nitrogen and oxygen atoms in total. The largest absolute Gasteiger partial charge is 0.492 e. The summed E-state index contributed by atoms with van der Waals surface area (Å²) in [6.45, 7) is 6.96. The van der Waals surface area contributed by atoms with Crippen LogP contribution in [0, 0.1) is 13.8 Å². The van der Waals surface area contributed by atoms with Crippen LogP contribution in [0.5, 0.6) is 11.5 Å². The third-order valence-electron chi connectivity index (χ3n) is 5.17. The quantitative estimate of drug-likeness (QED) is 0.665. The molecule has 1 aliphatic rings. The summed E-state index contributed by atoms with van der Waals surface area (Å²) in [5, 5.41) is 2.74. The zero-order chi connectivity index (χ0) is 22.4. The van der Waals surface area contributed by atoms with Gasteiger partial charge in [0.1, 0.15) is 11.5 Å². The molecule has 1 saturated heterocycles. The first-order valence-electron chi connectivity index (χ1n) is 10.6. The number of ether oxygens (including phenoxy) is 2. The van der Waals surface area contributed by atoms with Crippen LogP contribution in [0.4, 0.5) is 5.69 Å². The topological polar surface area (TPSA) is 84.9 Å². The van der Waals surface area contributed by atoms with Gasteiger partial charge in [0.05, 0.1) is 17.2 Å². The number of aryl methyl sites for hydroxylation is 2. The monoisotopic (exact) mass is 446 g/mol. The first-order valence-corrected chi connectivity index (χ1v) is 12.0. The zero-order valence-electron chi connectivity index (χ0n) is 18.3. The number of piperidine rings is 1. The van der Waals surface area contributed by atoms with E-state index in [1.807, 2.05) is 39.0 Å². The lowest BCUT2D eigenvalue weighted by atomic mass is 10.1. The molecule has 1 heterocycles. The van der Waals surface area contributed by atoms with Crippen molar-refractivity contribution in [1.82, 2.24) is 4.31 Å². The van der Waals surface area contributed by atoms with Crippen molar-refractivity contribution < 1.29 is 22.7 Å². The van der Waals surface area contributed by atoms with Gasteiger partial charge < -0.3 is 14.8 Å². The zero-order valence-corrected chi connectivity index (χ0v) is 19.1. The molecule has 168 valence electrons. The van der Waals surface area contributed by atoms with E-state index in [1.54, 1.807) is 6.07 Å². The van der Waals surface area contributed by atoms with E-state index in [1.165, 1.54) is 16.4 Å². The first-order chi connectivity index (χ1) is 14.8. The molecule has 2 aromatic carbocycles. The SMILES string of the molecule is CCOc1ccc(S(=O)(=O)N2CCCCC2)cc1NC(=O)COc1ccc(C)cc1C. The van der Waals surface area contributed by atoms with E-state index in [0.29, 0.717) is 36.9 Å². The number of benzene rings is 2. The minimum Gasteiger partial charge on any atom is -0.492 e. The Balaban J connectivity index is 1.76. The Kier molecular flexibility index (Phi) is 7.56. The molecule has 1 aliphatic heterocycles. The van der Waals surface area contributed by atoms with E-state index in [9.17, 15) is 13.2 Å². The van der Waals surface area contributed by atoms with E-state index < -0.39 is 15.9 Å². The van der Waals surface area contributed by atoms with Crippen LogP contribution in [0.3, 0.4) is 0 Å². The summed E-state index contributed by atoms with van der Waals surface area (Å²) in [7, 11) is -3.62. The average molecular weight is 447 g/mol. The Morgan fingerprint density at radius 3 is 2.39 bits per heavy atom. The van der Waals surface area contributed by atoms with Crippen molar-refractivity contribution in [2.75, 3.05) is 31.6 Å². The van der Waals surface area contributed by atoms with Crippen molar-refractivity contribution in [1.29, 1.82) is 0 Å². The predicted molar refractivity (Wildman–Crippen MR) is 120 cm³/mol. The van der Waals surface area contributed by atoms with E-state index in [0.717, 1.165) is 30.4 Å². The van der Waals surface area contributed by atoms with Gasteiger partial charge in [0.15, 0.2) is 6.61 Å². The third kappa shape index (κ3) is 5.77. The second kappa shape index (κ2) is 10.2. The highest BCUT2D eigenvalue weighted by atomic mass is 32.2. The fourth-order valence-electron chi connectivity index (χ4n) is 3.59. The number of anilines is 1. The number of carbonyl (C=O) groups is 1. The normalized spacial score (nSPS) is 14.8. The van der Waals surface area contributed by atoms with Crippen LogP contribution < -0.4 is 14.8 Å². The summed E-state index contributed by atoms with van der Waals surface area (Å²) >= 11 is 0. The number of nitrogens with one attached hydrogen (secondary N) is 1. The Morgan fingerprint density at radius 2 is 1.71 bits per heavy atom. The summed E-state index contributed by atoms with van der Waals surface area (Å²) in [4.78, 5) is 12.7. The highest BCUT2D eigenvalue weighted by Gasteiger charge is 2.27. The maximum Gasteiger partial charge on any atom is 0.262 e. The fraction of sp³-hybridized carbons (Fsp3) is 0.435. The van der Waals surface area contributed by atoms with Crippen molar-refractivity contribution >= 4 is 21.6 Å². The van der Waals surface area contributed by atoms with Crippen molar-refractivity contribution in [3.8, 4) is 11.5 Å². The lowest BCUT2D eigenvalue weighted by Gasteiger charge is -2.26. The Bertz CT molecular complexity index is 1030. The second-order valence-corrected chi connectivity index (χ2v) is 9.60. The van der Waals surface area contributed by atoms with E-state index in [-0.39, 0.29) is 11.5 Å². The second-order valence-electron chi connectivity index (χ2n) is 7.66. The van der Waals surface area contributed by atoms with Gasteiger partial charge in [-0.25, -0.2) is 8.42 Å². The minimum atomic E-state index is -3.62. The van der Waals surface area contributed by atoms with Crippen LogP contribution >= 0.6 is 0 Å². The lowest BCUT2D eigenvalue weighted by Crippen LogP contribution is -2.35. The maximum atomic E-state index is 13.0. The number of amides is 1. The van der Waals surface area contributed by atoms with Gasteiger partial charge in [-0.2, -0.15) is 4.31 Å². The molecule has 0 aromatic heterocycles. The number of rotatable bonds is 8. The van der Waals surface area contributed by atoms with Gasteiger partial charge in [0, 0.05) is 13.1 Å². The Morgan fingerprint density at radius 1 is 1.00 bits per heavy atom. The molecular formula is C23H30N2O5S. The Hall–Kier alpha value is -2.58.